The summed E-state index contributed by atoms with van der Waals surface area (Å²) in [6.07, 6.45) is 4.65. The number of allylic oxidation sites excluding steroid dienone is 1. The van der Waals surface area contributed by atoms with E-state index >= 15 is 0 Å². The zero-order chi connectivity index (χ0) is 9.68. The van der Waals surface area contributed by atoms with Crippen LogP contribution in [0.3, 0.4) is 0 Å². The average molecular weight is 199 g/mol. The third-order valence-corrected chi connectivity index (χ3v) is 1.87. The lowest BCUT2D eigenvalue weighted by atomic mass is 10.1. The molecule has 0 radical (unpaired) electrons. The summed E-state index contributed by atoms with van der Waals surface area (Å²) < 4.78 is 12.9. The fraction of sp³-hybridized carbons (Fsp3) is 0.273. The fourth-order valence-corrected chi connectivity index (χ4v) is 1.27. The van der Waals surface area contributed by atoms with Crippen molar-refractivity contribution in [3.05, 3.63) is 41.2 Å². The van der Waals surface area contributed by atoms with Crippen molar-refractivity contribution >= 4 is 17.7 Å². The molecule has 0 aliphatic heterocycles. The van der Waals surface area contributed by atoms with E-state index in [0.717, 1.165) is 17.5 Å². The highest BCUT2D eigenvalue weighted by atomic mass is 35.5. The van der Waals surface area contributed by atoms with Gasteiger partial charge in [-0.05, 0) is 36.6 Å². The summed E-state index contributed by atoms with van der Waals surface area (Å²) in [6, 6.07) is 4.96. The highest BCUT2D eigenvalue weighted by Gasteiger charge is 1.93. The largest absolute Gasteiger partial charge is 0.207 e. The summed E-state index contributed by atoms with van der Waals surface area (Å²) in [5.74, 6) is 0.413. The maximum absolute atomic E-state index is 12.9. The molecule has 0 nitrogen and oxygen atoms in total. The van der Waals surface area contributed by atoms with E-state index in [0.29, 0.717) is 5.88 Å². The molecular formula is C11H12ClF. The standard InChI is InChI=1S/C11H12ClF/c1-9-6-10(4-2-3-5-12)8-11(13)7-9/h2,4,6-8H,3,5H2,1H3/b4-2+. The number of rotatable bonds is 3. The molecule has 0 atom stereocenters. The Hall–Kier alpha value is -0.820. The summed E-state index contributed by atoms with van der Waals surface area (Å²) in [5, 5.41) is 0. The van der Waals surface area contributed by atoms with Gasteiger partial charge in [-0.25, -0.2) is 4.39 Å². The van der Waals surface area contributed by atoms with Gasteiger partial charge >= 0.3 is 0 Å². The Bertz CT molecular complexity index is 285. The molecule has 2 heteroatoms. The van der Waals surface area contributed by atoms with Gasteiger partial charge in [0.2, 0.25) is 0 Å². The van der Waals surface area contributed by atoms with Gasteiger partial charge in [-0.3, -0.25) is 0 Å². The van der Waals surface area contributed by atoms with Crippen LogP contribution in [-0.2, 0) is 0 Å². The lowest BCUT2D eigenvalue weighted by Crippen LogP contribution is -1.80. The number of alkyl halides is 1. The number of aryl methyl sites for hydroxylation is 1. The molecule has 70 valence electrons. The van der Waals surface area contributed by atoms with Gasteiger partial charge in [0.15, 0.2) is 0 Å². The highest BCUT2D eigenvalue weighted by molar-refractivity contribution is 6.17. The van der Waals surface area contributed by atoms with Gasteiger partial charge < -0.3 is 0 Å². The molecule has 0 unspecified atom stereocenters. The Morgan fingerprint density at radius 2 is 2.15 bits per heavy atom. The van der Waals surface area contributed by atoms with Crippen molar-refractivity contribution in [2.45, 2.75) is 13.3 Å². The molecule has 0 aliphatic carbocycles. The lowest BCUT2D eigenvalue weighted by molar-refractivity contribution is 0.626. The SMILES string of the molecule is Cc1cc(F)cc(/C=C/CCCl)c1. The van der Waals surface area contributed by atoms with E-state index in [1.165, 1.54) is 12.1 Å². The minimum absolute atomic E-state index is 0.189. The fourth-order valence-electron chi connectivity index (χ4n) is 1.14. The molecule has 0 bridgehead atoms. The highest BCUT2D eigenvalue weighted by Crippen LogP contribution is 2.10. The topological polar surface area (TPSA) is 0 Å². The van der Waals surface area contributed by atoms with E-state index < -0.39 is 0 Å². The second-order valence-electron chi connectivity index (χ2n) is 2.94. The number of hydrogen-bond acceptors (Lipinski definition) is 0. The van der Waals surface area contributed by atoms with E-state index in [2.05, 4.69) is 0 Å². The summed E-state index contributed by atoms with van der Waals surface area (Å²) in [6.45, 7) is 1.88. The van der Waals surface area contributed by atoms with Crippen LogP contribution in [0.25, 0.3) is 6.08 Å². The smallest absolute Gasteiger partial charge is 0.124 e. The molecule has 0 N–H and O–H groups in total. The van der Waals surface area contributed by atoms with Crippen LogP contribution in [0, 0.1) is 12.7 Å². The normalized spacial score (nSPS) is 11.0. The van der Waals surface area contributed by atoms with Crippen LogP contribution in [0.4, 0.5) is 4.39 Å². The van der Waals surface area contributed by atoms with Crippen molar-refractivity contribution in [1.29, 1.82) is 0 Å². The monoisotopic (exact) mass is 198 g/mol. The maximum atomic E-state index is 12.9. The minimum Gasteiger partial charge on any atom is -0.207 e. The molecular weight excluding hydrogens is 187 g/mol. The first-order valence-corrected chi connectivity index (χ1v) is 4.75. The average Bonchev–Trinajstić information content (AvgIpc) is 2.03. The predicted octanol–water partition coefficient (Wildman–Crippen LogP) is 3.78. The summed E-state index contributed by atoms with van der Waals surface area (Å²) in [5.41, 5.74) is 1.83. The van der Waals surface area contributed by atoms with Crippen LogP contribution in [0.5, 0.6) is 0 Å². The van der Waals surface area contributed by atoms with Crippen LogP contribution in [0.2, 0.25) is 0 Å². The quantitative estimate of drug-likeness (QED) is 0.649. The van der Waals surface area contributed by atoms with Crippen LogP contribution in [0.15, 0.2) is 24.3 Å². The number of halogens is 2. The summed E-state index contributed by atoms with van der Waals surface area (Å²) in [7, 11) is 0. The van der Waals surface area contributed by atoms with Crippen molar-refractivity contribution in [3.63, 3.8) is 0 Å². The van der Waals surface area contributed by atoms with E-state index in [1.807, 2.05) is 25.1 Å². The van der Waals surface area contributed by atoms with Crippen molar-refractivity contribution in [3.8, 4) is 0 Å². The van der Waals surface area contributed by atoms with Gasteiger partial charge in [-0.1, -0.05) is 18.2 Å². The third-order valence-electron chi connectivity index (χ3n) is 1.65. The molecule has 0 saturated heterocycles. The second kappa shape index (κ2) is 5.03. The maximum Gasteiger partial charge on any atom is 0.124 e. The second-order valence-corrected chi connectivity index (χ2v) is 3.32. The van der Waals surface area contributed by atoms with Gasteiger partial charge in [0.05, 0.1) is 0 Å². The minimum atomic E-state index is -0.189. The Kier molecular flexibility index (Phi) is 3.97. The van der Waals surface area contributed by atoms with E-state index in [4.69, 9.17) is 11.6 Å². The van der Waals surface area contributed by atoms with Gasteiger partial charge in [-0.2, -0.15) is 0 Å². The van der Waals surface area contributed by atoms with Gasteiger partial charge in [0, 0.05) is 5.88 Å². The predicted molar refractivity (Wildman–Crippen MR) is 55.5 cm³/mol. The van der Waals surface area contributed by atoms with Crippen LogP contribution in [0.1, 0.15) is 17.5 Å². The molecule has 13 heavy (non-hydrogen) atoms. The molecule has 0 amide bonds. The van der Waals surface area contributed by atoms with Crippen molar-refractivity contribution in [2.75, 3.05) is 5.88 Å². The Morgan fingerprint density at radius 3 is 2.77 bits per heavy atom. The Labute approximate surface area is 83.0 Å². The van der Waals surface area contributed by atoms with E-state index in [1.54, 1.807) is 0 Å². The molecule has 0 spiro atoms. The van der Waals surface area contributed by atoms with Crippen LogP contribution < -0.4 is 0 Å². The first kappa shape index (κ1) is 10.3. The first-order chi connectivity index (χ1) is 6.22. The molecule has 0 heterocycles. The molecule has 1 aromatic carbocycles. The van der Waals surface area contributed by atoms with Crippen LogP contribution in [-0.4, -0.2) is 5.88 Å². The Balaban J connectivity index is 2.77. The number of hydrogen-bond donors (Lipinski definition) is 0. The Morgan fingerprint density at radius 1 is 1.38 bits per heavy atom. The van der Waals surface area contributed by atoms with Crippen LogP contribution >= 0.6 is 11.6 Å². The van der Waals surface area contributed by atoms with Gasteiger partial charge in [-0.15, -0.1) is 11.6 Å². The summed E-state index contributed by atoms with van der Waals surface area (Å²) in [4.78, 5) is 0. The van der Waals surface area contributed by atoms with Crippen molar-refractivity contribution < 1.29 is 4.39 Å². The van der Waals surface area contributed by atoms with Crippen molar-refractivity contribution in [1.82, 2.24) is 0 Å². The molecule has 0 aliphatic rings. The first-order valence-electron chi connectivity index (χ1n) is 4.22. The third kappa shape index (κ3) is 3.60. The molecule has 0 aromatic heterocycles. The lowest BCUT2D eigenvalue weighted by Gasteiger charge is -1.96. The van der Waals surface area contributed by atoms with Gasteiger partial charge in [0.25, 0.3) is 0 Å². The van der Waals surface area contributed by atoms with E-state index in [9.17, 15) is 4.39 Å². The molecule has 1 rings (SSSR count). The molecule has 0 saturated carbocycles. The van der Waals surface area contributed by atoms with E-state index in [-0.39, 0.29) is 5.82 Å². The zero-order valence-corrected chi connectivity index (χ0v) is 8.31. The van der Waals surface area contributed by atoms with Gasteiger partial charge in [0.1, 0.15) is 5.82 Å². The summed E-state index contributed by atoms with van der Waals surface area (Å²) >= 11 is 5.50. The molecule has 1 aromatic rings. The molecule has 0 fully saturated rings. The number of benzene rings is 1. The zero-order valence-electron chi connectivity index (χ0n) is 7.56. The van der Waals surface area contributed by atoms with Crippen molar-refractivity contribution in [2.24, 2.45) is 0 Å².